The monoisotopic (exact) mass is 494 g/mol. The summed E-state index contributed by atoms with van der Waals surface area (Å²) in [7, 11) is 2.09. The van der Waals surface area contributed by atoms with Gasteiger partial charge in [0, 0.05) is 49.3 Å². The minimum absolute atomic E-state index is 0.0837. The zero-order valence-electron chi connectivity index (χ0n) is 22.3. The Morgan fingerprint density at radius 3 is 2.19 bits per heavy atom. The number of nitrogens with one attached hydrogen (secondary N) is 1. The van der Waals surface area contributed by atoms with Gasteiger partial charge >= 0.3 is 0 Å². The minimum atomic E-state index is 0.0837. The van der Waals surface area contributed by atoms with Crippen LogP contribution in [0.2, 0.25) is 0 Å². The van der Waals surface area contributed by atoms with Crippen LogP contribution in [0.5, 0.6) is 0 Å². The number of amides is 1. The van der Waals surface area contributed by atoms with Gasteiger partial charge in [0.05, 0.1) is 11.0 Å². The molecule has 1 amide bonds. The van der Waals surface area contributed by atoms with E-state index in [0.717, 1.165) is 70.9 Å². The van der Waals surface area contributed by atoms with Crippen molar-refractivity contribution in [1.29, 1.82) is 0 Å². The van der Waals surface area contributed by atoms with E-state index in [1.807, 2.05) is 55.1 Å². The van der Waals surface area contributed by atoms with Crippen LogP contribution in [-0.2, 0) is 6.42 Å². The third kappa shape index (κ3) is 5.07. The van der Waals surface area contributed by atoms with Gasteiger partial charge in [-0.2, -0.15) is 0 Å². The fraction of sp³-hybridized carbons (Fsp3) is 0.323. The van der Waals surface area contributed by atoms with Gasteiger partial charge in [0.2, 0.25) is 0 Å². The van der Waals surface area contributed by atoms with Crippen molar-refractivity contribution in [3.05, 3.63) is 87.5 Å². The van der Waals surface area contributed by atoms with Crippen molar-refractivity contribution in [2.45, 2.75) is 34.1 Å². The zero-order chi connectivity index (χ0) is 26.3. The van der Waals surface area contributed by atoms with Crippen LogP contribution in [0.15, 0.2) is 48.5 Å². The number of carbonyl (C=O) groups excluding carboxylic acids is 2. The molecular weight excluding hydrogens is 460 g/mol. The van der Waals surface area contributed by atoms with Gasteiger partial charge in [-0.3, -0.25) is 9.59 Å². The summed E-state index contributed by atoms with van der Waals surface area (Å²) in [5, 5.41) is 0. The number of benzene rings is 3. The maximum absolute atomic E-state index is 13.1. The molecular formula is C31H34N4O2. The highest BCUT2D eigenvalue weighted by molar-refractivity contribution is 6.00. The molecule has 6 heteroatoms. The Bertz CT molecular complexity index is 1490. The molecule has 37 heavy (non-hydrogen) atoms. The van der Waals surface area contributed by atoms with Crippen molar-refractivity contribution < 1.29 is 9.59 Å². The summed E-state index contributed by atoms with van der Waals surface area (Å²) < 4.78 is 0. The Morgan fingerprint density at radius 1 is 0.811 bits per heavy atom. The fourth-order valence-corrected chi connectivity index (χ4v) is 5.16. The molecule has 0 bridgehead atoms. The van der Waals surface area contributed by atoms with E-state index in [2.05, 4.69) is 42.9 Å². The second-order valence-corrected chi connectivity index (χ2v) is 10.4. The largest absolute Gasteiger partial charge is 0.338 e. The number of aromatic nitrogens is 2. The normalized spacial score (nSPS) is 14.4. The molecule has 1 aliphatic rings. The molecule has 1 fully saturated rings. The van der Waals surface area contributed by atoms with Crippen LogP contribution in [0.25, 0.3) is 22.4 Å². The molecule has 190 valence electrons. The van der Waals surface area contributed by atoms with Crippen molar-refractivity contribution in [2.75, 3.05) is 33.2 Å². The maximum atomic E-state index is 13.1. The lowest BCUT2D eigenvalue weighted by Crippen LogP contribution is -2.47. The number of nitrogens with zero attached hydrogens (tertiary/aromatic N) is 3. The van der Waals surface area contributed by atoms with Crippen LogP contribution in [0.3, 0.4) is 0 Å². The molecule has 1 aliphatic heterocycles. The van der Waals surface area contributed by atoms with Crippen LogP contribution in [0.4, 0.5) is 0 Å². The number of rotatable bonds is 5. The van der Waals surface area contributed by atoms with Crippen LogP contribution in [0.1, 0.15) is 48.5 Å². The summed E-state index contributed by atoms with van der Waals surface area (Å²) in [4.78, 5) is 38.6. The van der Waals surface area contributed by atoms with Gasteiger partial charge in [-0.05, 0) is 92.9 Å². The number of hydrogen-bond donors (Lipinski definition) is 1. The Morgan fingerprint density at radius 2 is 1.51 bits per heavy atom. The van der Waals surface area contributed by atoms with Crippen molar-refractivity contribution >= 4 is 22.7 Å². The highest BCUT2D eigenvalue weighted by atomic mass is 16.2. The molecule has 0 atom stereocenters. The Hall–Kier alpha value is -3.77. The van der Waals surface area contributed by atoms with E-state index >= 15 is 0 Å². The first-order valence-corrected chi connectivity index (χ1v) is 12.9. The molecule has 0 unspecified atom stereocenters. The first-order valence-electron chi connectivity index (χ1n) is 12.9. The van der Waals surface area contributed by atoms with Gasteiger partial charge in [0.1, 0.15) is 5.82 Å². The number of piperazine rings is 1. The number of aromatic amines is 1. The number of imidazole rings is 1. The summed E-state index contributed by atoms with van der Waals surface area (Å²) in [5.41, 5.74) is 9.48. The maximum Gasteiger partial charge on any atom is 0.253 e. The number of H-pyrrole nitrogens is 1. The number of hydrogen-bond acceptors (Lipinski definition) is 4. The van der Waals surface area contributed by atoms with E-state index in [0.29, 0.717) is 12.0 Å². The predicted octanol–water partition coefficient (Wildman–Crippen LogP) is 5.28. The fourth-order valence-electron chi connectivity index (χ4n) is 5.16. The van der Waals surface area contributed by atoms with E-state index in [4.69, 9.17) is 4.98 Å². The van der Waals surface area contributed by atoms with Crippen molar-refractivity contribution in [1.82, 2.24) is 19.8 Å². The quantitative estimate of drug-likeness (QED) is 0.384. The molecule has 4 aromatic rings. The Balaban J connectivity index is 1.39. The van der Waals surface area contributed by atoms with Gasteiger partial charge < -0.3 is 14.8 Å². The summed E-state index contributed by atoms with van der Waals surface area (Å²) >= 11 is 0. The predicted molar refractivity (Wildman–Crippen MR) is 148 cm³/mol. The molecule has 0 aliphatic carbocycles. The Kier molecular flexibility index (Phi) is 6.69. The number of likely N-dealkylation sites (N-methyl/N-ethyl adjacent to an activating group) is 1. The average molecular weight is 495 g/mol. The minimum Gasteiger partial charge on any atom is -0.338 e. The molecule has 6 nitrogen and oxygen atoms in total. The SMILES string of the molecule is Cc1ccc(CC(=O)c2ccc3nc(-c4c(C)cc(C(=O)N5CCN(C)CC5)cc4C)[nH]c3c2)cc1C. The number of carbonyl (C=O) groups is 2. The number of ketones is 1. The number of aryl methyl sites for hydroxylation is 4. The molecule has 2 heterocycles. The molecule has 1 aromatic heterocycles. The molecule has 0 saturated carbocycles. The highest BCUT2D eigenvalue weighted by Gasteiger charge is 2.22. The van der Waals surface area contributed by atoms with Crippen LogP contribution in [-0.4, -0.2) is 64.7 Å². The first-order chi connectivity index (χ1) is 17.7. The topological polar surface area (TPSA) is 69.3 Å². The number of Topliss-reactive ketones (excluding diaryl/α,β-unsaturated/α-hetero) is 1. The van der Waals surface area contributed by atoms with Crippen molar-refractivity contribution in [3.8, 4) is 11.4 Å². The lowest BCUT2D eigenvalue weighted by atomic mass is 9.98. The van der Waals surface area contributed by atoms with E-state index < -0.39 is 0 Å². The van der Waals surface area contributed by atoms with E-state index in [9.17, 15) is 9.59 Å². The molecule has 3 aromatic carbocycles. The zero-order valence-corrected chi connectivity index (χ0v) is 22.3. The summed E-state index contributed by atoms with van der Waals surface area (Å²) in [6, 6.07) is 15.8. The molecule has 1 saturated heterocycles. The average Bonchev–Trinajstić information content (AvgIpc) is 3.28. The highest BCUT2D eigenvalue weighted by Crippen LogP contribution is 2.29. The first kappa shape index (κ1) is 24.9. The van der Waals surface area contributed by atoms with Crippen LogP contribution in [0, 0.1) is 27.7 Å². The van der Waals surface area contributed by atoms with Gasteiger partial charge in [-0.1, -0.05) is 18.2 Å². The van der Waals surface area contributed by atoms with Crippen LogP contribution < -0.4 is 0 Å². The Labute approximate surface area is 218 Å². The van der Waals surface area contributed by atoms with Gasteiger partial charge in [-0.25, -0.2) is 4.98 Å². The molecule has 0 radical (unpaired) electrons. The molecule has 1 N–H and O–H groups in total. The number of fused-ring (bicyclic) bond motifs is 1. The standard InChI is InChI=1S/C31H34N4O2/c1-19-6-7-23(14-20(19)2)17-28(36)24-8-9-26-27(18-24)33-30(32-26)29-21(3)15-25(16-22(29)4)31(37)35-12-10-34(5)11-13-35/h6-9,14-16,18H,10-13,17H2,1-5H3,(H,32,33). The molecule has 5 rings (SSSR count). The second kappa shape index (κ2) is 9.94. The van der Waals surface area contributed by atoms with Gasteiger partial charge in [0.25, 0.3) is 5.91 Å². The third-order valence-corrected chi connectivity index (χ3v) is 7.55. The van der Waals surface area contributed by atoms with Gasteiger partial charge in [0.15, 0.2) is 5.78 Å². The summed E-state index contributed by atoms with van der Waals surface area (Å²) in [6.07, 6.45) is 0.370. The van der Waals surface area contributed by atoms with E-state index in [-0.39, 0.29) is 11.7 Å². The van der Waals surface area contributed by atoms with E-state index in [1.165, 1.54) is 11.1 Å². The van der Waals surface area contributed by atoms with Crippen molar-refractivity contribution in [3.63, 3.8) is 0 Å². The second-order valence-electron chi connectivity index (χ2n) is 10.4. The van der Waals surface area contributed by atoms with E-state index in [1.54, 1.807) is 0 Å². The van der Waals surface area contributed by atoms with Gasteiger partial charge in [-0.15, -0.1) is 0 Å². The lowest BCUT2D eigenvalue weighted by Gasteiger charge is -2.32. The molecule has 0 spiro atoms. The smallest absolute Gasteiger partial charge is 0.253 e. The van der Waals surface area contributed by atoms with Crippen LogP contribution >= 0.6 is 0 Å². The summed E-state index contributed by atoms with van der Waals surface area (Å²) in [6.45, 7) is 11.5. The third-order valence-electron chi connectivity index (χ3n) is 7.55. The van der Waals surface area contributed by atoms with Crippen molar-refractivity contribution in [2.24, 2.45) is 0 Å². The summed E-state index contributed by atoms with van der Waals surface area (Å²) in [5.74, 6) is 0.921. The lowest BCUT2D eigenvalue weighted by molar-refractivity contribution is 0.0664.